The molecule has 0 bridgehead atoms. The molecule has 1 aromatic carbocycles. The normalized spacial score (nSPS) is 11.0. The summed E-state index contributed by atoms with van der Waals surface area (Å²) in [5.41, 5.74) is -1.51. The molecule has 1 rings (SSSR count). The molecular formula is C15H17F3N2O4. The molecule has 0 saturated carbocycles. The van der Waals surface area contributed by atoms with E-state index in [0.29, 0.717) is 6.07 Å². The zero-order chi connectivity index (χ0) is 18.5. The highest BCUT2D eigenvalue weighted by Gasteiger charge is 2.32. The predicted octanol–water partition coefficient (Wildman–Crippen LogP) is 2.60. The first kappa shape index (κ1) is 19.5. The lowest BCUT2D eigenvalue weighted by molar-refractivity contribution is -0.138. The molecule has 0 aromatic heterocycles. The molecule has 0 saturated heterocycles. The number of alkyl halides is 3. The quantitative estimate of drug-likeness (QED) is 0.829. The Morgan fingerprint density at radius 1 is 1.21 bits per heavy atom. The molecule has 2 N–H and O–H groups in total. The summed E-state index contributed by atoms with van der Waals surface area (Å²) in [6.45, 7) is 2.73. The number of hydrogen-bond acceptors (Lipinski definition) is 3. The van der Waals surface area contributed by atoms with Gasteiger partial charge in [-0.3, -0.25) is 14.4 Å². The SMILES string of the molecule is CCN(CCC(=O)O)C(=O)c1cc(NC(C)=O)cc(C(F)(F)F)c1. The fraction of sp³-hybridized carbons (Fsp3) is 0.400. The van der Waals surface area contributed by atoms with Gasteiger partial charge in [0.2, 0.25) is 5.91 Å². The second kappa shape index (κ2) is 7.80. The highest BCUT2D eigenvalue weighted by Crippen LogP contribution is 2.32. The molecule has 0 aliphatic carbocycles. The van der Waals surface area contributed by atoms with Crippen LogP contribution in [0.25, 0.3) is 0 Å². The van der Waals surface area contributed by atoms with Crippen LogP contribution in [0.2, 0.25) is 0 Å². The fourth-order valence-electron chi connectivity index (χ4n) is 2.01. The standard InChI is InChI=1S/C15H17F3N2O4/c1-3-20(5-4-13(22)23)14(24)10-6-11(15(16,17)18)8-12(7-10)19-9(2)21/h6-8H,3-5H2,1-2H3,(H,19,21)(H,22,23). The monoisotopic (exact) mass is 346 g/mol. The summed E-state index contributed by atoms with van der Waals surface area (Å²) in [5.74, 6) is -2.44. The number of benzene rings is 1. The second-order valence-electron chi connectivity index (χ2n) is 5.01. The predicted molar refractivity (Wildman–Crippen MR) is 79.6 cm³/mol. The maximum absolute atomic E-state index is 13.0. The van der Waals surface area contributed by atoms with Crippen LogP contribution in [0.3, 0.4) is 0 Å². The lowest BCUT2D eigenvalue weighted by Crippen LogP contribution is -2.33. The van der Waals surface area contributed by atoms with Crippen molar-refractivity contribution in [2.75, 3.05) is 18.4 Å². The Bertz CT molecular complexity index is 644. The van der Waals surface area contributed by atoms with E-state index in [2.05, 4.69) is 5.32 Å². The van der Waals surface area contributed by atoms with Gasteiger partial charge in [0.05, 0.1) is 12.0 Å². The van der Waals surface area contributed by atoms with Crippen molar-refractivity contribution in [2.45, 2.75) is 26.4 Å². The zero-order valence-corrected chi connectivity index (χ0v) is 13.1. The van der Waals surface area contributed by atoms with Crippen LogP contribution in [-0.2, 0) is 15.8 Å². The van der Waals surface area contributed by atoms with Crippen LogP contribution in [0.5, 0.6) is 0 Å². The number of carboxylic acids is 1. The first-order chi connectivity index (χ1) is 11.0. The molecule has 0 radical (unpaired) electrons. The number of anilines is 1. The Morgan fingerprint density at radius 3 is 2.29 bits per heavy atom. The molecule has 1 aromatic rings. The van der Waals surface area contributed by atoms with E-state index in [1.165, 1.54) is 0 Å². The summed E-state index contributed by atoms with van der Waals surface area (Å²) in [6, 6.07) is 2.53. The Labute approximate surface area is 136 Å². The van der Waals surface area contributed by atoms with E-state index in [9.17, 15) is 27.6 Å². The molecule has 6 nitrogen and oxygen atoms in total. The first-order valence-electron chi connectivity index (χ1n) is 7.05. The zero-order valence-electron chi connectivity index (χ0n) is 13.1. The minimum Gasteiger partial charge on any atom is -0.481 e. The Balaban J connectivity index is 3.21. The number of hydrogen-bond donors (Lipinski definition) is 2. The molecule has 2 amide bonds. The topological polar surface area (TPSA) is 86.7 Å². The molecule has 0 atom stereocenters. The summed E-state index contributed by atoms with van der Waals surface area (Å²) < 4.78 is 38.9. The molecule has 0 fully saturated rings. The largest absolute Gasteiger partial charge is 0.481 e. The fourth-order valence-corrected chi connectivity index (χ4v) is 2.01. The number of halogens is 3. The number of amides is 2. The van der Waals surface area contributed by atoms with Gasteiger partial charge < -0.3 is 15.3 Å². The molecule has 0 unspecified atom stereocenters. The van der Waals surface area contributed by atoms with Gasteiger partial charge in [-0.25, -0.2) is 0 Å². The molecule has 0 spiro atoms. The van der Waals surface area contributed by atoms with E-state index in [0.717, 1.165) is 24.0 Å². The summed E-state index contributed by atoms with van der Waals surface area (Å²) in [7, 11) is 0. The number of carbonyl (C=O) groups excluding carboxylic acids is 2. The van der Waals surface area contributed by atoms with Crippen molar-refractivity contribution in [2.24, 2.45) is 0 Å². The van der Waals surface area contributed by atoms with Crippen molar-refractivity contribution < 1.29 is 32.7 Å². The van der Waals surface area contributed by atoms with Crippen LogP contribution in [-0.4, -0.2) is 40.9 Å². The average molecular weight is 346 g/mol. The molecule has 9 heteroatoms. The summed E-state index contributed by atoms with van der Waals surface area (Å²) in [5, 5.41) is 10.9. The minimum atomic E-state index is -4.69. The Morgan fingerprint density at radius 2 is 1.83 bits per heavy atom. The van der Waals surface area contributed by atoms with Gasteiger partial charge in [0.15, 0.2) is 0 Å². The van der Waals surface area contributed by atoms with E-state index in [1.807, 2.05) is 0 Å². The first-order valence-corrected chi connectivity index (χ1v) is 7.05. The van der Waals surface area contributed by atoms with Crippen LogP contribution < -0.4 is 5.32 Å². The van der Waals surface area contributed by atoms with Gasteiger partial charge in [0.25, 0.3) is 5.91 Å². The molecule has 0 aliphatic heterocycles. The molecule has 132 valence electrons. The second-order valence-corrected chi connectivity index (χ2v) is 5.01. The number of rotatable bonds is 6. The Hall–Kier alpha value is -2.58. The van der Waals surface area contributed by atoms with Gasteiger partial charge in [0.1, 0.15) is 0 Å². The van der Waals surface area contributed by atoms with Gasteiger partial charge in [-0.2, -0.15) is 13.2 Å². The van der Waals surface area contributed by atoms with Gasteiger partial charge >= 0.3 is 12.1 Å². The minimum absolute atomic E-state index is 0.129. The van der Waals surface area contributed by atoms with Gasteiger partial charge in [-0.15, -0.1) is 0 Å². The molecule has 0 aliphatic rings. The van der Waals surface area contributed by atoms with Gasteiger partial charge in [-0.1, -0.05) is 0 Å². The Kier molecular flexibility index (Phi) is 6.33. The van der Waals surface area contributed by atoms with Crippen LogP contribution in [0.4, 0.5) is 18.9 Å². The van der Waals surface area contributed by atoms with E-state index >= 15 is 0 Å². The maximum atomic E-state index is 13.0. The van der Waals surface area contributed by atoms with Crippen molar-refractivity contribution in [1.29, 1.82) is 0 Å². The van der Waals surface area contributed by atoms with Crippen molar-refractivity contribution in [3.8, 4) is 0 Å². The number of carbonyl (C=O) groups is 3. The van der Waals surface area contributed by atoms with E-state index in [4.69, 9.17) is 5.11 Å². The number of nitrogens with zero attached hydrogens (tertiary/aromatic N) is 1. The third-order valence-corrected chi connectivity index (χ3v) is 3.09. The number of nitrogens with one attached hydrogen (secondary N) is 1. The van der Waals surface area contributed by atoms with Gasteiger partial charge in [0, 0.05) is 31.3 Å². The van der Waals surface area contributed by atoms with Crippen molar-refractivity contribution >= 4 is 23.5 Å². The van der Waals surface area contributed by atoms with Crippen molar-refractivity contribution in [1.82, 2.24) is 4.90 Å². The third kappa shape index (κ3) is 5.56. The molecule has 24 heavy (non-hydrogen) atoms. The van der Waals surface area contributed by atoms with E-state index in [1.54, 1.807) is 6.92 Å². The van der Waals surface area contributed by atoms with Crippen molar-refractivity contribution in [3.63, 3.8) is 0 Å². The highest BCUT2D eigenvalue weighted by atomic mass is 19.4. The number of carboxylic acid groups (broad SMARTS) is 1. The lowest BCUT2D eigenvalue weighted by Gasteiger charge is -2.21. The smallest absolute Gasteiger partial charge is 0.416 e. The van der Waals surface area contributed by atoms with E-state index in [-0.39, 0.29) is 30.8 Å². The summed E-state index contributed by atoms with van der Waals surface area (Å²) >= 11 is 0. The molecular weight excluding hydrogens is 329 g/mol. The van der Waals surface area contributed by atoms with Crippen molar-refractivity contribution in [3.05, 3.63) is 29.3 Å². The van der Waals surface area contributed by atoms with Crippen LogP contribution >= 0.6 is 0 Å². The molecule has 0 heterocycles. The van der Waals surface area contributed by atoms with Crippen LogP contribution in [0.15, 0.2) is 18.2 Å². The van der Waals surface area contributed by atoms with E-state index < -0.39 is 29.5 Å². The van der Waals surface area contributed by atoms with Gasteiger partial charge in [-0.05, 0) is 25.1 Å². The van der Waals surface area contributed by atoms with Crippen LogP contribution in [0, 0.1) is 0 Å². The summed E-state index contributed by atoms with van der Waals surface area (Å²) in [6.07, 6.45) is -5.02. The lowest BCUT2D eigenvalue weighted by atomic mass is 10.1. The average Bonchev–Trinajstić information content (AvgIpc) is 2.45. The number of aliphatic carboxylic acids is 1. The summed E-state index contributed by atoms with van der Waals surface area (Å²) in [4.78, 5) is 35.2. The third-order valence-electron chi connectivity index (χ3n) is 3.09. The van der Waals surface area contributed by atoms with Crippen LogP contribution in [0.1, 0.15) is 36.2 Å². The highest BCUT2D eigenvalue weighted by molar-refractivity contribution is 5.97. The maximum Gasteiger partial charge on any atom is 0.416 e.